The summed E-state index contributed by atoms with van der Waals surface area (Å²) in [5.41, 5.74) is 1.36. The molecular formula is C16H19N3O6. The molecule has 2 amide bonds. The highest BCUT2D eigenvalue weighted by atomic mass is 16.5. The Morgan fingerprint density at radius 3 is 2.36 bits per heavy atom. The fourth-order valence-corrected chi connectivity index (χ4v) is 2.30. The number of carbonyl (C=O) groups excluding carboxylic acids is 3. The summed E-state index contributed by atoms with van der Waals surface area (Å²) in [7, 11) is 2.50. The molecule has 9 heteroatoms. The van der Waals surface area contributed by atoms with Gasteiger partial charge < -0.3 is 24.8 Å². The number of aliphatic hydroxyl groups excluding tert-OH is 1. The molecule has 134 valence electrons. The largest absolute Gasteiger partial charge is 0.466 e. The molecule has 1 aliphatic rings. The van der Waals surface area contributed by atoms with E-state index in [9.17, 15) is 14.4 Å². The van der Waals surface area contributed by atoms with Crippen molar-refractivity contribution < 1.29 is 29.0 Å². The molecule has 0 aromatic heterocycles. The Morgan fingerprint density at radius 1 is 1.16 bits per heavy atom. The molecule has 9 nitrogen and oxygen atoms in total. The van der Waals surface area contributed by atoms with E-state index in [1.54, 1.807) is 24.3 Å². The number of anilines is 2. The highest BCUT2D eigenvalue weighted by molar-refractivity contribution is 6.08. The fourth-order valence-electron chi connectivity index (χ4n) is 2.30. The van der Waals surface area contributed by atoms with Crippen LogP contribution in [0.3, 0.4) is 0 Å². The predicted molar refractivity (Wildman–Crippen MR) is 88.8 cm³/mol. The Labute approximate surface area is 144 Å². The van der Waals surface area contributed by atoms with Crippen LogP contribution in [0.4, 0.5) is 16.2 Å². The number of amides is 2. The molecule has 1 aromatic carbocycles. The lowest BCUT2D eigenvalue weighted by molar-refractivity contribution is -0.136. The molecule has 0 saturated carbocycles. The summed E-state index contributed by atoms with van der Waals surface area (Å²) in [4.78, 5) is 36.8. The lowest BCUT2D eigenvalue weighted by Gasteiger charge is -2.15. The van der Waals surface area contributed by atoms with Crippen LogP contribution >= 0.6 is 0 Å². The van der Waals surface area contributed by atoms with Crippen LogP contribution < -0.4 is 10.6 Å². The van der Waals surface area contributed by atoms with E-state index in [2.05, 4.69) is 15.4 Å². The average molecular weight is 349 g/mol. The van der Waals surface area contributed by atoms with Crippen LogP contribution in [0.1, 0.15) is 0 Å². The van der Waals surface area contributed by atoms with E-state index in [1.165, 1.54) is 19.1 Å². The summed E-state index contributed by atoms with van der Waals surface area (Å²) in [5.74, 6) is -1.01. The highest BCUT2D eigenvalue weighted by Crippen LogP contribution is 2.23. The van der Waals surface area contributed by atoms with Crippen LogP contribution in [-0.4, -0.2) is 61.9 Å². The number of benzene rings is 1. The predicted octanol–water partition coefficient (Wildman–Crippen LogP) is 0.538. The molecule has 3 N–H and O–H groups in total. The van der Waals surface area contributed by atoms with Crippen LogP contribution in [0.25, 0.3) is 0 Å². The molecular weight excluding hydrogens is 330 g/mol. The molecule has 1 aliphatic heterocycles. The molecule has 0 atom stereocenters. The van der Waals surface area contributed by atoms with Crippen molar-refractivity contribution in [3.8, 4) is 0 Å². The third-order valence-corrected chi connectivity index (χ3v) is 3.54. The molecule has 0 bridgehead atoms. The number of nitrogens with zero attached hydrogens (tertiary/aromatic N) is 1. The summed E-state index contributed by atoms with van der Waals surface area (Å²) in [6.07, 6.45) is -0.595. The van der Waals surface area contributed by atoms with Crippen LogP contribution in [0.2, 0.25) is 0 Å². The Hall–Kier alpha value is -3.07. The van der Waals surface area contributed by atoms with Crippen LogP contribution in [0, 0.1) is 0 Å². The summed E-state index contributed by atoms with van der Waals surface area (Å²) in [6, 6.07) is 6.50. The Kier molecular flexibility index (Phi) is 5.96. The van der Waals surface area contributed by atoms with Gasteiger partial charge in [0.25, 0.3) is 5.91 Å². The molecule has 1 aromatic rings. The quantitative estimate of drug-likeness (QED) is 0.642. The summed E-state index contributed by atoms with van der Waals surface area (Å²) in [5, 5.41) is 14.4. The zero-order chi connectivity index (χ0) is 18.4. The number of carbonyl (C=O) groups is 3. The number of rotatable bonds is 6. The standard InChI is InChI=1S/C16H19N3O6/c1-24-15(22)12-9-19(7-8-20)14(21)13(12)17-10-3-5-11(6-4-10)18-16(23)25-2/h3-6,17,20H,7-9H2,1-2H3,(H,18,23). The topological polar surface area (TPSA) is 117 Å². The molecule has 2 rings (SSSR count). The van der Waals surface area contributed by atoms with Gasteiger partial charge in [0.15, 0.2) is 0 Å². The Balaban J connectivity index is 2.18. The van der Waals surface area contributed by atoms with Crippen molar-refractivity contribution in [1.29, 1.82) is 0 Å². The molecule has 25 heavy (non-hydrogen) atoms. The molecule has 0 spiro atoms. The van der Waals surface area contributed by atoms with E-state index in [1.807, 2.05) is 0 Å². The van der Waals surface area contributed by atoms with E-state index in [-0.39, 0.29) is 31.0 Å². The fraction of sp³-hybridized carbons (Fsp3) is 0.312. The minimum absolute atomic E-state index is 0.0659. The van der Waals surface area contributed by atoms with Crippen molar-refractivity contribution in [2.75, 3.05) is 44.5 Å². The minimum atomic E-state index is -0.611. The number of methoxy groups -OCH3 is 2. The summed E-state index contributed by atoms with van der Waals surface area (Å²) in [6.45, 7) is -0.0236. The number of aliphatic hydroxyl groups is 1. The number of nitrogens with one attached hydrogen (secondary N) is 2. The Morgan fingerprint density at radius 2 is 1.80 bits per heavy atom. The van der Waals surface area contributed by atoms with Gasteiger partial charge in [0.05, 0.1) is 32.9 Å². The van der Waals surface area contributed by atoms with Crippen molar-refractivity contribution >= 4 is 29.3 Å². The van der Waals surface area contributed by atoms with Gasteiger partial charge in [0, 0.05) is 17.9 Å². The zero-order valence-electron chi connectivity index (χ0n) is 13.9. The summed E-state index contributed by atoms with van der Waals surface area (Å²) < 4.78 is 9.21. The lowest BCUT2D eigenvalue weighted by atomic mass is 10.2. The van der Waals surface area contributed by atoms with E-state index in [4.69, 9.17) is 9.84 Å². The first-order valence-electron chi connectivity index (χ1n) is 7.43. The third-order valence-electron chi connectivity index (χ3n) is 3.54. The maximum Gasteiger partial charge on any atom is 0.411 e. The van der Waals surface area contributed by atoms with Gasteiger partial charge in [-0.2, -0.15) is 0 Å². The zero-order valence-corrected chi connectivity index (χ0v) is 13.9. The van der Waals surface area contributed by atoms with Crippen molar-refractivity contribution in [3.05, 3.63) is 35.5 Å². The van der Waals surface area contributed by atoms with Gasteiger partial charge in [-0.1, -0.05) is 0 Å². The van der Waals surface area contributed by atoms with Crippen LogP contribution in [0.5, 0.6) is 0 Å². The van der Waals surface area contributed by atoms with Gasteiger partial charge in [-0.3, -0.25) is 10.1 Å². The van der Waals surface area contributed by atoms with Crippen molar-refractivity contribution in [2.24, 2.45) is 0 Å². The van der Waals surface area contributed by atoms with E-state index >= 15 is 0 Å². The number of β-amino-alcohol motifs (C(OH)–C–C–N with tert-alkyl or cyclic N) is 1. The highest BCUT2D eigenvalue weighted by Gasteiger charge is 2.34. The van der Waals surface area contributed by atoms with Crippen LogP contribution in [0.15, 0.2) is 35.5 Å². The second kappa shape index (κ2) is 8.15. The van der Waals surface area contributed by atoms with Crippen LogP contribution in [-0.2, 0) is 19.1 Å². The maximum absolute atomic E-state index is 12.4. The summed E-state index contributed by atoms with van der Waals surface area (Å²) >= 11 is 0. The number of ether oxygens (including phenoxy) is 2. The van der Waals surface area contributed by atoms with E-state index < -0.39 is 18.0 Å². The molecule has 1 heterocycles. The molecule has 0 saturated heterocycles. The smallest absolute Gasteiger partial charge is 0.411 e. The first-order valence-corrected chi connectivity index (χ1v) is 7.43. The third kappa shape index (κ3) is 4.27. The minimum Gasteiger partial charge on any atom is -0.466 e. The number of hydrogen-bond donors (Lipinski definition) is 3. The molecule has 0 unspecified atom stereocenters. The van der Waals surface area contributed by atoms with Gasteiger partial charge in [-0.05, 0) is 24.3 Å². The second-order valence-corrected chi connectivity index (χ2v) is 5.11. The first-order chi connectivity index (χ1) is 12.0. The van der Waals surface area contributed by atoms with Gasteiger partial charge in [0.2, 0.25) is 0 Å². The van der Waals surface area contributed by atoms with Crippen molar-refractivity contribution in [1.82, 2.24) is 4.90 Å². The first kappa shape index (κ1) is 18.3. The monoisotopic (exact) mass is 349 g/mol. The van der Waals surface area contributed by atoms with E-state index in [0.717, 1.165) is 0 Å². The normalized spacial score (nSPS) is 13.7. The van der Waals surface area contributed by atoms with Crippen molar-refractivity contribution in [2.45, 2.75) is 0 Å². The van der Waals surface area contributed by atoms with E-state index in [0.29, 0.717) is 11.4 Å². The molecule has 0 aliphatic carbocycles. The molecule has 0 radical (unpaired) electrons. The van der Waals surface area contributed by atoms with Gasteiger partial charge in [0.1, 0.15) is 5.70 Å². The maximum atomic E-state index is 12.4. The molecule has 0 fully saturated rings. The SMILES string of the molecule is COC(=O)Nc1ccc(NC2=C(C(=O)OC)CN(CCO)C2=O)cc1. The number of esters is 1. The van der Waals surface area contributed by atoms with Crippen molar-refractivity contribution in [3.63, 3.8) is 0 Å². The van der Waals surface area contributed by atoms with Gasteiger partial charge in [-0.25, -0.2) is 9.59 Å². The Bertz CT molecular complexity index is 698. The second-order valence-electron chi connectivity index (χ2n) is 5.11. The number of hydrogen-bond acceptors (Lipinski definition) is 7. The van der Waals surface area contributed by atoms with Gasteiger partial charge >= 0.3 is 12.1 Å². The average Bonchev–Trinajstić information content (AvgIpc) is 2.92. The van der Waals surface area contributed by atoms with Gasteiger partial charge in [-0.15, -0.1) is 0 Å². The lowest BCUT2D eigenvalue weighted by Crippen LogP contribution is -2.31.